The number of rotatable bonds is 6. The fourth-order valence-corrected chi connectivity index (χ4v) is 2.82. The number of nitriles is 1. The highest BCUT2D eigenvalue weighted by molar-refractivity contribution is 5.97. The lowest BCUT2D eigenvalue weighted by Crippen LogP contribution is -2.47. The first-order valence-corrected chi connectivity index (χ1v) is 9.21. The molecule has 2 rings (SSSR count). The minimum absolute atomic E-state index is 0.0324. The molecule has 28 heavy (non-hydrogen) atoms. The number of hydrogen-bond acceptors (Lipinski definition) is 6. The summed E-state index contributed by atoms with van der Waals surface area (Å²) in [6, 6.07) is 9.09. The van der Waals surface area contributed by atoms with Crippen molar-refractivity contribution in [3.63, 3.8) is 0 Å². The van der Waals surface area contributed by atoms with Gasteiger partial charge in [-0.2, -0.15) is 5.26 Å². The maximum atomic E-state index is 12.5. The Morgan fingerprint density at radius 3 is 2.43 bits per heavy atom. The molecule has 1 unspecified atom stereocenters. The summed E-state index contributed by atoms with van der Waals surface area (Å²) in [5.74, 6) is 0.306. The summed E-state index contributed by atoms with van der Waals surface area (Å²) in [4.78, 5) is 27.7. The Morgan fingerprint density at radius 1 is 1.25 bits per heavy atom. The van der Waals surface area contributed by atoms with E-state index >= 15 is 0 Å². The molecule has 1 N–H and O–H groups in total. The number of piperazine rings is 1. The molecule has 1 heterocycles. The van der Waals surface area contributed by atoms with Crippen molar-refractivity contribution in [2.45, 2.75) is 19.9 Å². The molecule has 1 atom stereocenters. The molecule has 1 fully saturated rings. The van der Waals surface area contributed by atoms with Crippen LogP contribution in [0.15, 0.2) is 36.0 Å². The van der Waals surface area contributed by atoms with Crippen molar-refractivity contribution >= 4 is 12.0 Å². The molecular formula is C20H26N4O4. The van der Waals surface area contributed by atoms with E-state index in [4.69, 9.17) is 9.47 Å². The lowest BCUT2D eigenvalue weighted by Gasteiger charge is -2.33. The third-order valence-electron chi connectivity index (χ3n) is 4.48. The van der Waals surface area contributed by atoms with Gasteiger partial charge in [-0.1, -0.05) is 12.1 Å². The van der Waals surface area contributed by atoms with Crippen LogP contribution in [-0.4, -0.2) is 61.7 Å². The topological polar surface area (TPSA) is 94.9 Å². The van der Waals surface area contributed by atoms with Crippen LogP contribution in [0.2, 0.25) is 0 Å². The van der Waals surface area contributed by atoms with Gasteiger partial charge in [0, 0.05) is 32.4 Å². The lowest BCUT2D eigenvalue weighted by atomic mass is 10.1. The van der Waals surface area contributed by atoms with Gasteiger partial charge in [-0.25, -0.2) is 4.79 Å². The van der Waals surface area contributed by atoms with Crippen LogP contribution >= 0.6 is 0 Å². The fraction of sp³-hybridized carbons (Fsp3) is 0.450. The summed E-state index contributed by atoms with van der Waals surface area (Å²) in [5.41, 5.74) is 0.944. The molecular weight excluding hydrogens is 360 g/mol. The van der Waals surface area contributed by atoms with Crippen LogP contribution in [0.25, 0.3) is 0 Å². The van der Waals surface area contributed by atoms with Crippen molar-refractivity contribution in [3.8, 4) is 11.8 Å². The van der Waals surface area contributed by atoms with Gasteiger partial charge < -0.3 is 24.6 Å². The zero-order valence-electron chi connectivity index (χ0n) is 16.5. The van der Waals surface area contributed by atoms with E-state index in [-0.39, 0.29) is 17.7 Å². The number of carbonyl (C=O) groups is 2. The Bertz CT molecular complexity index is 746. The van der Waals surface area contributed by atoms with Crippen LogP contribution in [-0.2, 0) is 9.53 Å². The monoisotopic (exact) mass is 386 g/mol. The molecule has 0 aliphatic carbocycles. The average molecular weight is 386 g/mol. The van der Waals surface area contributed by atoms with Gasteiger partial charge in [-0.15, -0.1) is 0 Å². The number of methoxy groups -OCH3 is 1. The average Bonchev–Trinajstić information content (AvgIpc) is 2.72. The third kappa shape index (κ3) is 5.64. The number of amides is 2. The maximum Gasteiger partial charge on any atom is 0.409 e. The Labute approximate surface area is 165 Å². The first kappa shape index (κ1) is 21.1. The van der Waals surface area contributed by atoms with E-state index in [1.807, 2.05) is 42.2 Å². The molecule has 0 aromatic heterocycles. The molecule has 1 aromatic carbocycles. The predicted octanol–water partition coefficient (Wildman–Crippen LogP) is 2.05. The predicted molar refractivity (Wildman–Crippen MR) is 103 cm³/mol. The van der Waals surface area contributed by atoms with Gasteiger partial charge in [0.2, 0.25) is 0 Å². The maximum absolute atomic E-state index is 12.5. The summed E-state index contributed by atoms with van der Waals surface area (Å²) in [5, 5.41) is 12.2. The van der Waals surface area contributed by atoms with Crippen LogP contribution in [0, 0.1) is 11.3 Å². The lowest BCUT2D eigenvalue weighted by molar-refractivity contribution is -0.117. The van der Waals surface area contributed by atoms with E-state index in [0.717, 1.165) is 11.3 Å². The summed E-state index contributed by atoms with van der Waals surface area (Å²) in [7, 11) is 1.59. The number of nitrogens with one attached hydrogen (secondary N) is 1. The Morgan fingerprint density at radius 2 is 1.89 bits per heavy atom. The van der Waals surface area contributed by atoms with Gasteiger partial charge in [0.1, 0.15) is 17.4 Å². The van der Waals surface area contributed by atoms with E-state index in [0.29, 0.717) is 32.8 Å². The second-order valence-electron chi connectivity index (χ2n) is 6.34. The minimum atomic E-state index is -0.432. The second-order valence-corrected chi connectivity index (χ2v) is 6.34. The number of hydrogen-bond donors (Lipinski definition) is 1. The van der Waals surface area contributed by atoms with Crippen molar-refractivity contribution in [2.75, 3.05) is 39.9 Å². The zero-order chi connectivity index (χ0) is 20.5. The molecule has 8 nitrogen and oxygen atoms in total. The van der Waals surface area contributed by atoms with Crippen molar-refractivity contribution in [1.82, 2.24) is 15.1 Å². The molecule has 0 bridgehead atoms. The van der Waals surface area contributed by atoms with Crippen LogP contribution in [0.3, 0.4) is 0 Å². The molecule has 2 amide bonds. The highest BCUT2D eigenvalue weighted by Crippen LogP contribution is 2.17. The summed E-state index contributed by atoms with van der Waals surface area (Å²) in [6.07, 6.45) is 1.22. The van der Waals surface area contributed by atoms with Gasteiger partial charge in [0.25, 0.3) is 5.91 Å². The molecule has 0 radical (unpaired) electrons. The SMILES string of the molecule is CCOC(=O)N1CCN(/C=C(/C#N)C(=O)NC(C)c2ccc(OC)cc2)CC1. The van der Waals surface area contributed by atoms with E-state index in [9.17, 15) is 14.9 Å². The Kier molecular flexibility index (Phi) is 7.69. The first-order chi connectivity index (χ1) is 13.5. The number of nitrogens with zero attached hydrogens (tertiary/aromatic N) is 3. The summed E-state index contributed by atoms with van der Waals surface area (Å²) in [6.45, 7) is 5.99. The van der Waals surface area contributed by atoms with Gasteiger partial charge in [0.05, 0.1) is 19.8 Å². The van der Waals surface area contributed by atoms with Gasteiger partial charge >= 0.3 is 6.09 Å². The Hall–Kier alpha value is -3.21. The minimum Gasteiger partial charge on any atom is -0.497 e. The molecule has 0 spiro atoms. The van der Waals surface area contributed by atoms with Crippen LogP contribution < -0.4 is 10.1 Å². The number of ether oxygens (including phenoxy) is 2. The zero-order valence-corrected chi connectivity index (χ0v) is 16.5. The van der Waals surface area contributed by atoms with E-state index in [1.54, 1.807) is 25.1 Å². The molecule has 1 aliphatic heterocycles. The standard InChI is InChI=1S/C20H26N4O4/c1-4-28-20(26)24-11-9-23(10-12-24)14-17(13-21)19(25)22-15(2)16-5-7-18(27-3)8-6-16/h5-8,14-15H,4,9-12H2,1-3H3,(H,22,25)/b17-14-. The van der Waals surface area contributed by atoms with E-state index < -0.39 is 5.91 Å². The van der Waals surface area contributed by atoms with Gasteiger partial charge in [-0.05, 0) is 31.5 Å². The fourth-order valence-electron chi connectivity index (χ4n) is 2.82. The molecule has 150 valence electrons. The van der Waals surface area contributed by atoms with Crippen molar-refractivity contribution in [2.24, 2.45) is 0 Å². The van der Waals surface area contributed by atoms with Gasteiger partial charge in [0.15, 0.2) is 0 Å². The number of carbonyl (C=O) groups excluding carboxylic acids is 2. The van der Waals surface area contributed by atoms with E-state index in [2.05, 4.69) is 5.32 Å². The van der Waals surface area contributed by atoms with Crippen LogP contribution in [0.4, 0.5) is 4.79 Å². The van der Waals surface area contributed by atoms with Crippen molar-refractivity contribution < 1.29 is 19.1 Å². The van der Waals surface area contributed by atoms with Gasteiger partial charge in [-0.3, -0.25) is 4.79 Å². The quantitative estimate of drug-likeness (QED) is 0.594. The molecule has 1 aromatic rings. The molecule has 0 saturated carbocycles. The second kappa shape index (κ2) is 10.2. The van der Waals surface area contributed by atoms with Crippen LogP contribution in [0.1, 0.15) is 25.5 Å². The largest absolute Gasteiger partial charge is 0.497 e. The van der Waals surface area contributed by atoms with E-state index in [1.165, 1.54) is 0 Å². The molecule has 1 aliphatic rings. The smallest absolute Gasteiger partial charge is 0.409 e. The van der Waals surface area contributed by atoms with Crippen LogP contribution in [0.5, 0.6) is 5.75 Å². The Balaban J connectivity index is 1.93. The molecule has 1 saturated heterocycles. The van der Waals surface area contributed by atoms with Crippen molar-refractivity contribution in [3.05, 3.63) is 41.6 Å². The normalized spacial score (nSPS) is 15.4. The third-order valence-corrected chi connectivity index (χ3v) is 4.48. The van der Waals surface area contributed by atoms with Crippen molar-refractivity contribution in [1.29, 1.82) is 5.26 Å². The summed E-state index contributed by atoms with van der Waals surface area (Å²) >= 11 is 0. The summed E-state index contributed by atoms with van der Waals surface area (Å²) < 4.78 is 10.1. The highest BCUT2D eigenvalue weighted by atomic mass is 16.6. The highest BCUT2D eigenvalue weighted by Gasteiger charge is 2.22. The first-order valence-electron chi connectivity index (χ1n) is 9.21. The number of benzene rings is 1. The molecule has 8 heteroatoms.